The molecule has 0 heterocycles. The van der Waals surface area contributed by atoms with E-state index in [0.717, 1.165) is 29.4 Å². The summed E-state index contributed by atoms with van der Waals surface area (Å²) in [5.74, 6) is -0.572. The molecule has 0 aliphatic carbocycles. The smallest absolute Gasteiger partial charge is 0.243 e. The number of nitrogens with zero attached hydrogens (tertiary/aromatic N) is 2. The number of carbonyl (C=O) groups is 2. The van der Waals surface area contributed by atoms with Crippen LogP contribution in [0.3, 0.4) is 0 Å². The van der Waals surface area contributed by atoms with Crippen molar-refractivity contribution in [3.63, 3.8) is 0 Å². The van der Waals surface area contributed by atoms with Gasteiger partial charge in [0.15, 0.2) is 0 Å². The van der Waals surface area contributed by atoms with E-state index < -0.39 is 16.1 Å². The van der Waals surface area contributed by atoms with Crippen molar-refractivity contribution in [1.29, 1.82) is 0 Å². The van der Waals surface area contributed by atoms with Gasteiger partial charge in [-0.25, -0.2) is 8.42 Å². The van der Waals surface area contributed by atoms with Gasteiger partial charge in [0.2, 0.25) is 21.8 Å². The summed E-state index contributed by atoms with van der Waals surface area (Å²) in [6.45, 7) is 6.39. The first kappa shape index (κ1) is 33.4. The van der Waals surface area contributed by atoms with Crippen LogP contribution in [-0.2, 0) is 32.6 Å². The highest BCUT2D eigenvalue weighted by molar-refractivity contribution is 7.92. The number of hydrogen-bond acceptors (Lipinski definition) is 4. The first-order chi connectivity index (χ1) is 19.9. The number of sulfonamides is 1. The SMILES string of the molecule is CCCNC(=O)[C@H](Cc1ccccc1)N(Cc1c(Cl)cccc1Cl)C(=O)CCCN(c1cc(C)cc(C)c1)S(C)(=O)=O. The molecule has 3 rings (SSSR count). The summed E-state index contributed by atoms with van der Waals surface area (Å²) in [6, 6.07) is 19.4. The standard InChI is InChI=1S/C32H39Cl2N3O4S/c1-5-16-35-32(39)30(21-25-11-7-6-8-12-25)36(22-27-28(33)13-9-14-29(27)34)31(38)15-10-17-37(42(4,40)41)26-19-23(2)18-24(3)20-26/h6-9,11-14,18-20,30H,5,10,15-17,21-22H2,1-4H3,(H,35,39)/t30-/m0/s1. The molecule has 3 aromatic rings. The summed E-state index contributed by atoms with van der Waals surface area (Å²) in [7, 11) is -3.60. The number of halogens is 2. The molecule has 0 aromatic heterocycles. The van der Waals surface area contributed by atoms with E-state index in [2.05, 4.69) is 5.32 Å². The predicted octanol–water partition coefficient (Wildman–Crippen LogP) is 6.32. The van der Waals surface area contributed by atoms with Crippen LogP contribution in [-0.4, -0.2) is 50.5 Å². The summed E-state index contributed by atoms with van der Waals surface area (Å²) in [6.07, 6.45) is 2.47. The second kappa shape index (κ2) is 15.4. The molecule has 226 valence electrons. The Bertz CT molecular complexity index is 1440. The van der Waals surface area contributed by atoms with Gasteiger partial charge in [-0.15, -0.1) is 0 Å². The number of carbonyl (C=O) groups excluding carboxylic acids is 2. The molecule has 0 saturated heterocycles. The predicted molar refractivity (Wildman–Crippen MR) is 172 cm³/mol. The van der Waals surface area contributed by atoms with Crippen molar-refractivity contribution in [2.75, 3.05) is 23.7 Å². The van der Waals surface area contributed by atoms with Gasteiger partial charge < -0.3 is 10.2 Å². The number of benzene rings is 3. The van der Waals surface area contributed by atoms with Crippen molar-refractivity contribution in [3.8, 4) is 0 Å². The molecule has 7 nitrogen and oxygen atoms in total. The minimum Gasteiger partial charge on any atom is -0.354 e. The quantitative estimate of drug-likeness (QED) is 0.225. The molecule has 10 heteroatoms. The van der Waals surface area contributed by atoms with Gasteiger partial charge in [-0.05, 0) is 67.6 Å². The van der Waals surface area contributed by atoms with Gasteiger partial charge in [-0.3, -0.25) is 13.9 Å². The zero-order valence-corrected chi connectivity index (χ0v) is 26.9. The maximum Gasteiger partial charge on any atom is 0.243 e. The molecule has 0 radical (unpaired) electrons. The molecular weight excluding hydrogens is 593 g/mol. The van der Waals surface area contributed by atoms with Crippen LogP contribution >= 0.6 is 23.2 Å². The number of anilines is 1. The minimum absolute atomic E-state index is 0.0191. The average Bonchev–Trinajstić information content (AvgIpc) is 2.92. The Morgan fingerprint density at radius 2 is 1.55 bits per heavy atom. The van der Waals surface area contributed by atoms with Gasteiger partial charge in [0, 0.05) is 48.1 Å². The van der Waals surface area contributed by atoms with E-state index in [1.54, 1.807) is 18.2 Å². The highest BCUT2D eigenvalue weighted by Crippen LogP contribution is 2.28. The van der Waals surface area contributed by atoms with Crippen molar-refractivity contribution in [1.82, 2.24) is 10.2 Å². The minimum atomic E-state index is -3.60. The van der Waals surface area contributed by atoms with Crippen LogP contribution in [0.2, 0.25) is 10.0 Å². The molecule has 2 amide bonds. The summed E-state index contributed by atoms with van der Waals surface area (Å²) >= 11 is 13.0. The van der Waals surface area contributed by atoms with Crippen molar-refractivity contribution in [2.24, 2.45) is 0 Å². The van der Waals surface area contributed by atoms with Gasteiger partial charge in [-0.2, -0.15) is 0 Å². The second-order valence-electron chi connectivity index (χ2n) is 10.5. The molecule has 42 heavy (non-hydrogen) atoms. The summed E-state index contributed by atoms with van der Waals surface area (Å²) in [4.78, 5) is 29.0. The van der Waals surface area contributed by atoms with E-state index in [4.69, 9.17) is 23.2 Å². The molecule has 0 saturated carbocycles. The average molecular weight is 633 g/mol. The number of rotatable bonds is 14. The Hall–Kier alpha value is -3.07. The monoisotopic (exact) mass is 631 g/mol. The molecule has 0 aliphatic rings. The fourth-order valence-electron chi connectivity index (χ4n) is 4.87. The first-order valence-corrected chi connectivity index (χ1v) is 16.6. The largest absolute Gasteiger partial charge is 0.354 e. The Morgan fingerprint density at radius 1 is 0.929 bits per heavy atom. The molecule has 0 fully saturated rings. The third-order valence-corrected chi connectivity index (χ3v) is 8.76. The zero-order valence-electron chi connectivity index (χ0n) is 24.6. The van der Waals surface area contributed by atoms with Gasteiger partial charge >= 0.3 is 0 Å². The number of nitrogens with one attached hydrogen (secondary N) is 1. The van der Waals surface area contributed by atoms with Crippen LogP contribution in [0.5, 0.6) is 0 Å². The van der Waals surface area contributed by atoms with E-state index in [-0.39, 0.29) is 37.7 Å². The van der Waals surface area contributed by atoms with Gasteiger partial charge in [0.05, 0.1) is 11.9 Å². The lowest BCUT2D eigenvalue weighted by molar-refractivity contribution is -0.141. The first-order valence-electron chi connectivity index (χ1n) is 14.0. The second-order valence-corrected chi connectivity index (χ2v) is 13.2. The van der Waals surface area contributed by atoms with Crippen LogP contribution in [0.1, 0.15) is 48.4 Å². The number of aryl methyl sites for hydroxylation is 2. The normalized spacial score (nSPS) is 12.0. The Balaban J connectivity index is 1.92. The van der Waals surface area contributed by atoms with Crippen molar-refractivity contribution in [2.45, 2.75) is 59.0 Å². The molecule has 0 aliphatic heterocycles. The lowest BCUT2D eigenvalue weighted by Gasteiger charge is -2.32. The van der Waals surface area contributed by atoms with E-state index in [1.807, 2.05) is 69.3 Å². The van der Waals surface area contributed by atoms with Crippen molar-refractivity contribution >= 4 is 50.7 Å². The van der Waals surface area contributed by atoms with Crippen LogP contribution in [0, 0.1) is 13.8 Å². The fourth-order valence-corrected chi connectivity index (χ4v) is 6.34. The van der Waals surface area contributed by atoms with E-state index in [1.165, 1.54) is 9.21 Å². The van der Waals surface area contributed by atoms with E-state index in [0.29, 0.717) is 34.3 Å². The molecule has 3 aromatic carbocycles. The molecule has 1 atom stereocenters. The maximum atomic E-state index is 13.9. The highest BCUT2D eigenvalue weighted by Gasteiger charge is 2.31. The van der Waals surface area contributed by atoms with Gasteiger partial charge in [0.1, 0.15) is 6.04 Å². The van der Waals surface area contributed by atoms with E-state index >= 15 is 0 Å². The summed E-state index contributed by atoms with van der Waals surface area (Å²) < 4.78 is 26.8. The molecule has 0 spiro atoms. The zero-order chi connectivity index (χ0) is 30.9. The van der Waals surface area contributed by atoms with Crippen LogP contribution < -0.4 is 9.62 Å². The Labute approximate surface area is 259 Å². The Kier molecular flexibility index (Phi) is 12.3. The van der Waals surface area contributed by atoms with Gasteiger partial charge in [-0.1, -0.05) is 72.6 Å². The highest BCUT2D eigenvalue weighted by atomic mass is 35.5. The lowest BCUT2D eigenvalue weighted by atomic mass is 10.0. The molecule has 1 N–H and O–H groups in total. The fraction of sp³-hybridized carbons (Fsp3) is 0.375. The van der Waals surface area contributed by atoms with E-state index in [9.17, 15) is 18.0 Å². The van der Waals surface area contributed by atoms with Gasteiger partial charge in [0.25, 0.3) is 0 Å². The molecule has 0 bridgehead atoms. The summed E-state index contributed by atoms with van der Waals surface area (Å²) in [5.41, 5.74) is 3.89. The van der Waals surface area contributed by atoms with Crippen molar-refractivity contribution in [3.05, 3.63) is 99.0 Å². The lowest BCUT2D eigenvalue weighted by Crippen LogP contribution is -2.50. The number of hydrogen-bond donors (Lipinski definition) is 1. The topological polar surface area (TPSA) is 86.8 Å². The summed E-state index contributed by atoms with van der Waals surface area (Å²) in [5, 5.41) is 3.73. The van der Waals surface area contributed by atoms with Crippen molar-refractivity contribution < 1.29 is 18.0 Å². The van der Waals surface area contributed by atoms with Crippen LogP contribution in [0.4, 0.5) is 5.69 Å². The maximum absolute atomic E-state index is 13.9. The van der Waals surface area contributed by atoms with Crippen LogP contribution in [0.25, 0.3) is 0 Å². The molecular formula is C32H39Cl2N3O4S. The van der Waals surface area contributed by atoms with Crippen LogP contribution in [0.15, 0.2) is 66.7 Å². The third kappa shape index (κ3) is 9.48. The molecule has 0 unspecified atom stereocenters. The third-order valence-electron chi connectivity index (χ3n) is 6.86. The number of amides is 2. The Morgan fingerprint density at radius 3 is 2.12 bits per heavy atom.